The zero-order valence-electron chi connectivity index (χ0n) is 16.5. The highest BCUT2D eigenvalue weighted by molar-refractivity contribution is 5.66. The maximum atomic E-state index is 13.7. The first-order chi connectivity index (χ1) is 14.3. The van der Waals surface area contributed by atoms with Crippen LogP contribution in [-0.4, -0.2) is 32.8 Å². The Morgan fingerprint density at radius 2 is 1.97 bits per heavy atom. The van der Waals surface area contributed by atoms with Gasteiger partial charge in [0.15, 0.2) is 0 Å². The molecule has 6 nitrogen and oxygen atoms in total. The van der Waals surface area contributed by atoms with E-state index in [0.29, 0.717) is 31.7 Å². The molecule has 0 bridgehead atoms. The fraction of sp³-hybridized carbons (Fsp3) is 0.571. The molecule has 1 saturated heterocycles. The van der Waals surface area contributed by atoms with Crippen molar-refractivity contribution >= 4 is 6.09 Å². The van der Waals surface area contributed by atoms with Crippen LogP contribution in [0.5, 0.6) is 0 Å². The summed E-state index contributed by atoms with van der Waals surface area (Å²) in [5.41, 5.74) is -0.172. The SMILES string of the molecule is O=C(O)N1CCC[C@H]1c1nc(-c2ccc(CCC3CCCC3)c(C(F)(F)F)c2)no1. The van der Waals surface area contributed by atoms with Gasteiger partial charge < -0.3 is 9.63 Å². The third-order valence-electron chi connectivity index (χ3n) is 6.20. The lowest BCUT2D eigenvalue weighted by molar-refractivity contribution is -0.138. The molecule has 9 heteroatoms. The van der Waals surface area contributed by atoms with Crippen molar-refractivity contribution in [2.75, 3.05) is 6.54 Å². The first-order valence-corrected chi connectivity index (χ1v) is 10.4. The second-order valence-corrected chi connectivity index (χ2v) is 8.15. The second-order valence-electron chi connectivity index (χ2n) is 8.15. The number of carbonyl (C=O) groups is 1. The van der Waals surface area contributed by atoms with Crippen LogP contribution in [0.4, 0.5) is 18.0 Å². The molecule has 1 saturated carbocycles. The maximum Gasteiger partial charge on any atom is 0.416 e. The van der Waals surface area contributed by atoms with Crippen LogP contribution in [0.2, 0.25) is 0 Å². The van der Waals surface area contributed by atoms with Gasteiger partial charge in [-0.2, -0.15) is 18.2 Å². The third kappa shape index (κ3) is 4.29. The number of hydrogen-bond acceptors (Lipinski definition) is 4. The van der Waals surface area contributed by atoms with Crippen molar-refractivity contribution in [1.82, 2.24) is 15.0 Å². The molecule has 1 aromatic carbocycles. The molecule has 1 aromatic heterocycles. The van der Waals surface area contributed by atoms with Crippen LogP contribution in [0.1, 0.15) is 68.0 Å². The zero-order chi connectivity index (χ0) is 21.3. The number of rotatable bonds is 5. The molecular weight excluding hydrogens is 399 g/mol. The second kappa shape index (κ2) is 8.28. The van der Waals surface area contributed by atoms with Crippen molar-refractivity contribution in [2.24, 2.45) is 5.92 Å². The summed E-state index contributed by atoms with van der Waals surface area (Å²) in [6, 6.07) is 3.60. The molecule has 0 unspecified atom stereocenters. The summed E-state index contributed by atoms with van der Waals surface area (Å²) in [5, 5.41) is 13.1. The van der Waals surface area contributed by atoms with E-state index >= 15 is 0 Å². The van der Waals surface area contributed by atoms with Crippen LogP contribution in [0.15, 0.2) is 22.7 Å². The van der Waals surface area contributed by atoms with Crippen LogP contribution < -0.4 is 0 Å². The summed E-state index contributed by atoms with van der Waals surface area (Å²) in [7, 11) is 0. The fourth-order valence-electron chi connectivity index (χ4n) is 4.60. The summed E-state index contributed by atoms with van der Waals surface area (Å²) < 4.78 is 46.3. The minimum atomic E-state index is -4.47. The molecule has 1 N–H and O–H groups in total. The van der Waals surface area contributed by atoms with Crippen molar-refractivity contribution in [1.29, 1.82) is 0 Å². The standard InChI is InChI=1S/C21H24F3N3O3/c22-21(23,24)16-12-15(10-9-14(16)8-7-13-4-1-2-5-13)18-25-19(30-26-18)17-6-3-11-27(17)20(28)29/h9-10,12-13,17H,1-8,11H2,(H,28,29)/t17-/m0/s1. The highest BCUT2D eigenvalue weighted by Gasteiger charge is 2.36. The van der Waals surface area contributed by atoms with Crippen molar-refractivity contribution < 1.29 is 27.6 Å². The van der Waals surface area contributed by atoms with Crippen molar-refractivity contribution in [2.45, 2.75) is 63.6 Å². The minimum Gasteiger partial charge on any atom is -0.465 e. The maximum absolute atomic E-state index is 13.7. The number of benzene rings is 1. The van der Waals surface area contributed by atoms with Gasteiger partial charge in [-0.05, 0) is 43.2 Å². The first-order valence-electron chi connectivity index (χ1n) is 10.4. The Hall–Kier alpha value is -2.58. The largest absolute Gasteiger partial charge is 0.465 e. The number of amides is 1. The highest BCUT2D eigenvalue weighted by Crippen LogP contribution is 2.37. The van der Waals surface area contributed by atoms with Crippen LogP contribution in [-0.2, 0) is 12.6 Å². The number of hydrogen-bond donors (Lipinski definition) is 1. The number of aryl methyl sites for hydroxylation is 1. The zero-order valence-corrected chi connectivity index (χ0v) is 16.5. The van der Waals surface area contributed by atoms with Gasteiger partial charge in [0, 0.05) is 12.1 Å². The molecule has 0 radical (unpaired) electrons. The van der Waals surface area contributed by atoms with Crippen LogP contribution in [0, 0.1) is 5.92 Å². The van der Waals surface area contributed by atoms with E-state index in [4.69, 9.17) is 4.52 Å². The third-order valence-corrected chi connectivity index (χ3v) is 6.20. The molecule has 2 fully saturated rings. The van der Waals surface area contributed by atoms with E-state index in [1.54, 1.807) is 6.07 Å². The summed E-state index contributed by atoms with van der Waals surface area (Å²) >= 11 is 0. The minimum absolute atomic E-state index is 0.0371. The Kier molecular flexibility index (Phi) is 5.71. The lowest BCUT2D eigenvalue weighted by Gasteiger charge is -2.17. The van der Waals surface area contributed by atoms with Crippen LogP contribution >= 0.6 is 0 Å². The fourth-order valence-corrected chi connectivity index (χ4v) is 4.60. The van der Waals surface area contributed by atoms with Crippen molar-refractivity contribution in [3.8, 4) is 11.4 Å². The number of alkyl halides is 3. The van der Waals surface area contributed by atoms with Crippen LogP contribution in [0.3, 0.4) is 0 Å². The molecule has 2 heterocycles. The van der Waals surface area contributed by atoms with Crippen molar-refractivity contribution in [3.05, 3.63) is 35.2 Å². The summed E-state index contributed by atoms with van der Waals surface area (Å²) in [6.07, 6.45) is 1.34. The molecule has 30 heavy (non-hydrogen) atoms. The molecule has 162 valence electrons. The summed E-state index contributed by atoms with van der Waals surface area (Å²) in [5.74, 6) is 0.660. The molecule has 1 atom stereocenters. The summed E-state index contributed by atoms with van der Waals surface area (Å²) in [6.45, 7) is 0.367. The highest BCUT2D eigenvalue weighted by atomic mass is 19.4. The predicted octanol–water partition coefficient (Wildman–Crippen LogP) is 5.69. The summed E-state index contributed by atoms with van der Waals surface area (Å²) in [4.78, 5) is 16.7. The predicted molar refractivity (Wildman–Crippen MR) is 102 cm³/mol. The number of halogens is 3. The van der Waals surface area contributed by atoms with Gasteiger partial charge >= 0.3 is 12.3 Å². The number of aromatic nitrogens is 2. The Morgan fingerprint density at radius 1 is 1.20 bits per heavy atom. The molecule has 2 aromatic rings. The first kappa shape index (κ1) is 20.7. The van der Waals surface area contributed by atoms with E-state index in [1.807, 2.05) is 0 Å². The van der Waals surface area contributed by atoms with Gasteiger partial charge in [-0.3, -0.25) is 4.90 Å². The molecule has 2 aliphatic rings. The van der Waals surface area contributed by atoms with Gasteiger partial charge in [0.05, 0.1) is 5.56 Å². The topological polar surface area (TPSA) is 79.5 Å². The van der Waals surface area contributed by atoms with Gasteiger partial charge in [0.2, 0.25) is 11.7 Å². The molecular formula is C21H24F3N3O3. The monoisotopic (exact) mass is 423 g/mol. The molecule has 1 amide bonds. The van der Waals surface area contributed by atoms with Gasteiger partial charge in [-0.1, -0.05) is 43.0 Å². The van der Waals surface area contributed by atoms with Crippen LogP contribution in [0.25, 0.3) is 11.4 Å². The smallest absolute Gasteiger partial charge is 0.416 e. The van der Waals surface area contributed by atoms with E-state index < -0.39 is 23.9 Å². The average molecular weight is 423 g/mol. The average Bonchev–Trinajstić information content (AvgIpc) is 3.46. The van der Waals surface area contributed by atoms with E-state index in [1.165, 1.54) is 11.0 Å². The Labute approximate surface area is 172 Å². The van der Waals surface area contributed by atoms with Gasteiger partial charge in [-0.15, -0.1) is 0 Å². The van der Waals surface area contributed by atoms with E-state index in [2.05, 4.69) is 10.1 Å². The van der Waals surface area contributed by atoms with Gasteiger partial charge in [-0.25, -0.2) is 4.79 Å². The molecule has 1 aliphatic heterocycles. The number of likely N-dealkylation sites (tertiary alicyclic amines) is 1. The molecule has 0 spiro atoms. The van der Waals surface area contributed by atoms with E-state index in [9.17, 15) is 23.1 Å². The van der Waals surface area contributed by atoms with E-state index in [0.717, 1.165) is 38.2 Å². The van der Waals surface area contributed by atoms with E-state index in [-0.39, 0.29) is 22.8 Å². The molecule has 1 aliphatic carbocycles. The Balaban J connectivity index is 1.57. The van der Waals surface area contributed by atoms with Gasteiger partial charge in [0.25, 0.3) is 0 Å². The number of carboxylic acid groups (broad SMARTS) is 1. The van der Waals surface area contributed by atoms with Crippen molar-refractivity contribution in [3.63, 3.8) is 0 Å². The lowest BCUT2D eigenvalue weighted by atomic mass is 9.94. The quantitative estimate of drug-likeness (QED) is 0.668. The lowest BCUT2D eigenvalue weighted by Crippen LogP contribution is -2.28. The Morgan fingerprint density at radius 3 is 2.67 bits per heavy atom. The normalized spacial score (nSPS) is 20.2. The number of nitrogens with zero attached hydrogens (tertiary/aromatic N) is 3. The Bertz CT molecular complexity index is 906. The molecule has 4 rings (SSSR count). The van der Waals surface area contributed by atoms with Gasteiger partial charge in [0.1, 0.15) is 6.04 Å².